The number of carbonyl (C=O) groups is 1. The molecule has 0 bridgehead atoms. The Bertz CT molecular complexity index is 945. The van der Waals surface area contributed by atoms with E-state index in [1.807, 2.05) is 35.5 Å². The van der Waals surface area contributed by atoms with Crippen LogP contribution in [0, 0.1) is 0 Å². The lowest BCUT2D eigenvalue weighted by molar-refractivity contribution is -0.117. The van der Waals surface area contributed by atoms with Crippen molar-refractivity contribution in [1.82, 2.24) is 9.97 Å². The van der Waals surface area contributed by atoms with Crippen LogP contribution in [0.5, 0.6) is 0 Å². The zero-order chi connectivity index (χ0) is 18.8. The lowest BCUT2D eigenvalue weighted by atomic mass is 10.2. The molecule has 6 nitrogen and oxygen atoms in total. The minimum Gasteiger partial charge on any atom is -0.365 e. The van der Waals surface area contributed by atoms with Crippen molar-refractivity contribution in [1.29, 1.82) is 0 Å². The summed E-state index contributed by atoms with van der Waals surface area (Å²) in [5, 5.41) is 6.08. The molecule has 1 aromatic carbocycles. The van der Waals surface area contributed by atoms with Gasteiger partial charge in [-0.1, -0.05) is 17.7 Å². The Morgan fingerprint density at radius 2 is 2.00 bits per heavy atom. The number of amides is 1. The van der Waals surface area contributed by atoms with Crippen molar-refractivity contribution >= 4 is 46.2 Å². The van der Waals surface area contributed by atoms with E-state index in [0.717, 1.165) is 22.9 Å². The molecule has 138 valence electrons. The van der Waals surface area contributed by atoms with Crippen molar-refractivity contribution in [3.8, 4) is 0 Å². The normalized spacial score (nSPS) is 14.1. The summed E-state index contributed by atoms with van der Waals surface area (Å²) in [6, 6.07) is 11.4. The Hall–Kier alpha value is -2.64. The van der Waals surface area contributed by atoms with E-state index < -0.39 is 0 Å². The summed E-state index contributed by atoms with van der Waals surface area (Å²) < 4.78 is 0. The maximum absolute atomic E-state index is 12.8. The molecule has 27 heavy (non-hydrogen) atoms. The van der Waals surface area contributed by atoms with Crippen LogP contribution in [0.2, 0.25) is 5.02 Å². The van der Waals surface area contributed by atoms with Gasteiger partial charge in [0.1, 0.15) is 18.0 Å². The number of fused-ring (bicyclic) bond motifs is 1. The van der Waals surface area contributed by atoms with Crippen LogP contribution in [-0.4, -0.2) is 29.5 Å². The number of nitrogens with zero attached hydrogens (tertiary/aromatic N) is 4. The van der Waals surface area contributed by atoms with Crippen molar-refractivity contribution < 1.29 is 4.79 Å². The first-order valence-corrected chi connectivity index (χ1v) is 9.75. The second kappa shape index (κ2) is 7.54. The lowest BCUT2D eigenvalue weighted by Gasteiger charge is -2.21. The number of aromatic nitrogens is 2. The van der Waals surface area contributed by atoms with Crippen LogP contribution in [-0.2, 0) is 17.9 Å². The van der Waals surface area contributed by atoms with Crippen LogP contribution in [0.1, 0.15) is 10.4 Å². The van der Waals surface area contributed by atoms with Crippen molar-refractivity contribution in [2.24, 2.45) is 0 Å². The molecular weight excluding hydrogens is 382 g/mol. The van der Waals surface area contributed by atoms with Gasteiger partial charge < -0.3 is 15.1 Å². The molecule has 1 aliphatic heterocycles. The largest absolute Gasteiger partial charge is 0.365 e. The van der Waals surface area contributed by atoms with E-state index in [1.165, 1.54) is 11.2 Å². The number of likely N-dealkylation sites (N-methyl/N-ethyl adjacent to an activating group) is 1. The van der Waals surface area contributed by atoms with Crippen molar-refractivity contribution in [2.75, 3.05) is 28.7 Å². The highest BCUT2D eigenvalue weighted by atomic mass is 35.5. The molecule has 2 aromatic heterocycles. The monoisotopic (exact) mass is 399 g/mol. The smallest absolute Gasteiger partial charge is 0.246 e. The molecule has 1 aliphatic rings. The van der Waals surface area contributed by atoms with Gasteiger partial charge in [0.15, 0.2) is 0 Å². The van der Waals surface area contributed by atoms with Crippen LogP contribution in [0.4, 0.5) is 17.3 Å². The van der Waals surface area contributed by atoms with E-state index in [0.29, 0.717) is 18.1 Å². The van der Waals surface area contributed by atoms with Crippen LogP contribution >= 0.6 is 22.9 Å². The van der Waals surface area contributed by atoms with Gasteiger partial charge in [0.2, 0.25) is 5.91 Å². The van der Waals surface area contributed by atoms with E-state index in [-0.39, 0.29) is 12.5 Å². The SMILES string of the molecule is CN1CC(=O)N(c2ccc(Cl)cc2)Cc2c(NCc3cccs3)ncnc21. The first-order chi connectivity index (χ1) is 13.1. The summed E-state index contributed by atoms with van der Waals surface area (Å²) in [5.41, 5.74) is 1.70. The van der Waals surface area contributed by atoms with Gasteiger partial charge in [-0.2, -0.15) is 0 Å². The van der Waals surface area contributed by atoms with Gasteiger partial charge in [0.05, 0.1) is 25.2 Å². The Morgan fingerprint density at radius 3 is 2.74 bits per heavy atom. The summed E-state index contributed by atoms with van der Waals surface area (Å²) in [6.07, 6.45) is 1.54. The van der Waals surface area contributed by atoms with Gasteiger partial charge in [-0.3, -0.25) is 4.79 Å². The summed E-state index contributed by atoms with van der Waals surface area (Å²) in [7, 11) is 1.87. The maximum Gasteiger partial charge on any atom is 0.246 e. The molecule has 3 aromatic rings. The first kappa shape index (κ1) is 17.8. The highest BCUT2D eigenvalue weighted by Gasteiger charge is 2.28. The van der Waals surface area contributed by atoms with Crippen molar-refractivity contribution in [2.45, 2.75) is 13.1 Å². The van der Waals surface area contributed by atoms with Crippen LogP contribution in [0.15, 0.2) is 48.1 Å². The molecule has 3 heterocycles. The second-order valence-corrected chi connectivity index (χ2v) is 7.74. The molecule has 0 aliphatic carbocycles. The predicted molar refractivity (Wildman–Crippen MR) is 110 cm³/mol. The summed E-state index contributed by atoms with van der Waals surface area (Å²) in [6.45, 7) is 1.32. The number of halogens is 1. The molecule has 0 atom stereocenters. The van der Waals surface area contributed by atoms with Gasteiger partial charge >= 0.3 is 0 Å². The molecule has 4 rings (SSSR count). The third-order valence-electron chi connectivity index (χ3n) is 4.42. The Kier molecular flexibility index (Phi) is 4.96. The first-order valence-electron chi connectivity index (χ1n) is 8.49. The number of hydrogen-bond donors (Lipinski definition) is 1. The topological polar surface area (TPSA) is 61.4 Å². The van der Waals surface area contributed by atoms with E-state index in [2.05, 4.69) is 21.4 Å². The average molecular weight is 400 g/mol. The second-order valence-electron chi connectivity index (χ2n) is 6.27. The fourth-order valence-electron chi connectivity index (χ4n) is 3.08. The number of carbonyl (C=O) groups excluding carboxylic acids is 1. The zero-order valence-electron chi connectivity index (χ0n) is 14.7. The van der Waals surface area contributed by atoms with Gasteiger partial charge in [-0.25, -0.2) is 9.97 Å². The fraction of sp³-hybridized carbons (Fsp3) is 0.211. The quantitative estimate of drug-likeness (QED) is 0.723. The van der Waals surface area contributed by atoms with Crippen LogP contribution in [0.3, 0.4) is 0 Å². The van der Waals surface area contributed by atoms with E-state index in [4.69, 9.17) is 11.6 Å². The van der Waals surface area contributed by atoms with E-state index in [9.17, 15) is 4.79 Å². The minimum atomic E-state index is 0.00188. The van der Waals surface area contributed by atoms with Crippen LogP contribution < -0.4 is 15.1 Å². The third-order valence-corrected chi connectivity index (χ3v) is 5.55. The zero-order valence-corrected chi connectivity index (χ0v) is 16.3. The van der Waals surface area contributed by atoms with Crippen molar-refractivity contribution in [3.63, 3.8) is 0 Å². The minimum absolute atomic E-state index is 0.00188. The van der Waals surface area contributed by atoms with E-state index in [1.54, 1.807) is 28.4 Å². The molecule has 0 fully saturated rings. The number of nitrogens with one attached hydrogen (secondary N) is 1. The molecular formula is C19H18ClN5OS. The van der Waals surface area contributed by atoms with Gasteiger partial charge in [0, 0.05) is 22.6 Å². The fourth-order valence-corrected chi connectivity index (χ4v) is 3.85. The van der Waals surface area contributed by atoms with Gasteiger partial charge in [0.25, 0.3) is 0 Å². The third kappa shape index (κ3) is 3.74. The van der Waals surface area contributed by atoms with Crippen molar-refractivity contribution in [3.05, 3.63) is 63.6 Å². The van der Waals surface area contributed by atoms with Gasteiger partial charge in [-0.15, -0.1) is 11.3 Å². The molecule has 1 N–H and O–H groups in total. The molecule has 0 saturated heterocycles. The molecule has 0 saturated carbocycles. The van der Waals surface area contributed by atoms with Crippen LogP contribution in [0.25, 0.3) is 0 Å². The molecule has 0 unspecified atom stereocenters. The Balaban J connectivity index is 1.68. The highest BCUT2D eigenvalue weighted by Crippen LogP contribution is 2.30. The number of anilines is 3. The summed E-state index contributed by atoms with van der Waals surface area (Å²) in [5.74, 6) is 1.51. The highest BCUT2D eigenvalue weighted by molar-refractivity contribution is 7.09. The number of thiophene rings is 1. The number of rotatable bonds is 4. The van der Waals surface area contributed by atoms with E-state index >= 15 is 0 Å². The molecule has 1 amide bonds. The number of benzene rings is 1. The number of hydrogen-bond acceptors (Lipinski definition) is 6. The molecule has 8 heteroatoms. The summed E-state index contributed by atoms with van der Waals surface area (Å²) in [4.78, 5) is 26.5. The molecule has 0 radical (unpaired) electrons. The standard InChI is InChI=1S/C19H18ClN5OS/c1-24-11-17(26)25(14-6-4-13(20)5-7-14)10-16-18(22-12-23-19(16)24)21-9-15-3-2-8-27-15/h2-8,12H,9-11H2,1H3,(H,21,22,23). The van der Waals surface area contributed by atoms with Gasteiger partial charge in [-0.05, 0) is 35.7 Å². The molecule has 0 spiro atoms. The predicted octanol–water partition coefficient (Wildman–Crippen LogP) is 3.79. The average Bonchev–Trinajstić information content (AvgIpc) is 3.14. The summed E-state index contributed by atoms with van der Waals surface area (Å²) >= 11 is 7.69. The Labute approximate surface area is 166 Å². The Morgan fingerprint density at radius 1 is 1.19 bits per heavy atom. The lowest BCUT2D eigenvalue weighted by Crippen LogP contribution is -2.35. The maximum atomic E-state index is 12.8.